The van der Waals surface area contributed by atoms with Crippen molar-refractivity contribution in [2.75, 3.05) is 0 Å². The van der Waals surface area contributed by atoms with Gasteiger partial charge in [-0.1, -0.05) is 19.1 Å². The van der Waals surface area contributed by atoms with E-state index >= 15 is 0 Å². The maximum absolute atomic E-state index is 12.0. The van der Waals surface area contributed by atoms with Crippen LogP contribution in [0.15, 0.2) is 40.8 Å². The summed E-state index contributed by atoms with van der Waals surface area (Å²) in [7, 11) is 0. The van der Waals surface area contributed by atoms with Crippen LogP contribution in [0.4, 0.5) is 13.2 Å². The van der Waals surface area contributed by atoms with Crippen molar-refractivity contribution >= 4 is 5.78 Å². The van der Waals surface area contributed by atoms with Crippen LogP contribution in [0.3, 0.4) is 0 Å². The molecule has 0 unspecified atom stereocenters. The van der Waals surface area contributed by atoms with Crippen LogP contribution in [-0.2, 0) is 12.8 Å². The number of hydrogen-bond donors (Lipinski definition) is 0. The first-order chi connectivity index (χ1) is 9.87. The lowest BCUT2D eigenvalue weighted by Crippen LogP contribution is -2.17. The lowest BCUT2D eigenvalue weighted by Gasteiger charge is -2.08. The van der Waals surface area contributed by atoms with E-state index in [4.69, 9.17) is 4.42 Å². The number of alkyl halides is 3. The second-order valence-electron chi connectivity index (χ2n) is 4.41. The molecule has 1 heterocycles. The normalized spacial score (nSPS) is 11.4. The lowest BCUT2D eigenvalue weighted by atomic mass is 10.1. The zero-order valence-corrected chi connectivity index (χ0v) is 11.2. The maximum atomic E-state index is 12.0. The Hall–Kier alpha value is -2.24. The van der Waals surface area contributed by atoms with Gasteiger partial charge in [0.25, 0.3) is 0 Å². The van der Waals surface area contributed by atoms with Crippen LogP contribution in [0.2, 0.25) is 0 Å². The van der Waals surface area contributed by atoms with E-state index in [1.165, 1.54) is 24.3 Å². The molecular formula is C15H13F3O3. The first kappa shape index (κ1) is 15.2. The number of hydrogen-bond acceptors (Lipinski definition) is 3. The average molecular weight is 298 g/mol. The van der Waals surface area contributed by atoms with Gasteiger partial charge in [-0.3, -0.25) is 4.79 Å². The summed E-state index contributed by atoms with van der Waals surface area (Å²) < 4.78 is 45.2. The van der Waals surface area contributed by atoms with Crippen molar-refractivity contribution in [1.82, 2.24) is 0 Å². The third-order valence-corrected chi connectivity index (χ3v) is 2.81. The van der Waals surface area contributed by atoms with Crippen LogP contribution in [0.25, 0.3) is 0 Å². The summed E-state index contributed by atoms with van der Waals surface area (Å²) in [6.45, 7) is 1.91. The Morgan fingerprint density at radius 2 is 1.81 bits per heavy atom. The van der Waals surface area contributed by atoms with E-state index in [1.807, 2.05) is 6.92 Å². The fraction of sp³-hybridized carbons (Fsp3) is 0.267. The highest BCUT2D eigenvalue weighted by Gasteiger charge is 2.30. The fourth-order valence-electron chi connectivity index (χ4n) is 1.80. The second-order valence-corrected chi connectivity index (χ2v) is 4.41. The summed E-state index contributed by atoms with van der Waals surface area (Å²) in [5, 5.41) is 0. The predicted molar refractivity (Wildman–Crippen MR) is 69.2 cm³/mol. The molecule has 0 saturated carbocycles. The van der Waals surface area contributed by atoms with Crippen LogP contribution >= 0.6 is 0 Å². The molecular weight excluding hydrogens is 285 g/mol. The molecule has 0 saturated heterocycles. The second kappa shape index (κ2) is 6.03. The van der Waals surface area contributed by atoms with E-state index in [9.17, 15) is 18.0 Å². The highest BCUT2D eigenvalue weighted by molar-refractivity contribution is 5.95. The molecule has 0 amide bonds. The monoisotopic (exact) mass is 298 g/mol. The predicted octanol–water partition coefficient (Wildman–Crippen LogP) is 4.17. The number of Topliss-reactive ketones (excluding diaryl/α,β-unsaturated/α-hetero) is 1. The Kier molecular flexibility index (Phi) is 4.35. The van der Waals surface area contributed by atoms with E-state index in [0.29, 0.717) is 17.7 Å². The van der Waals surface area contributed by atoms with E-state index < -0.39 is 6.36 Å². The van der Waals surface area contributed by atoms with E-state index in [-0.39, 0.29) is 23.7 Å². The molecule has 112 valence electrons. The number of carbonyl (C=O) groups is 1. The molecule has 0 aliphatic heterocycles. The molecule has 1 aromatic carbocycles. The molecule has 2 aromatic rings. The van der Waals surface area contributed by atoms with Gasteiger partial charge < -0.3 is 9.15 Å². The molecule has 0 fully saturated rings. The van der Waals surface area contributed by atoms with Crippen molar-refractivity contribution in [1.29, 1.82) is 0 Å². The van der Waals surface area contributed by atoms with Crippen molar-refractivity contribution in [3.8, 4) is 5.75 Å². The first-order valence-corrected chi connectivity index (χ1v) is 6.34. The summed E-state index contributed by atoms with van der Waals surface area (Å²) in [6, 6.07) is 8.52. The molecule has 0 aliphatic rings. The van der Waals surface area contributed by atoms with E-state index in [1.54, 1.807) is 12.1 Å². The number of ketones is 1. The Bertz CT molecular complexity index is 612. The largest absolute Gasteiger partial charge is 0.573 e. The van der Waals surface area contributed by atoms with Gasteiger partial charge in [-0.2, -0.15) is 0 Å². The summed E-state index contributed by atoms with van der Waals surface area (Å²) in [5.74, 6) is 0.430. The van der Waals surface area contributed by atoms with Gasteiger partial charge in [-0.15, -0.1) is 13.2 Å². The Morgan fingerprint density at radius 3 is 2.33 bits per heavy atom. The molecule has 0 bridgehead atoms. The summed E-state index contributed by atoms with van der Waals surface area (Å²) >= 11 is 0. The van der Waals surface area contributed by atoms with Crippen molar-refractivity contribution < 1.29 is 27.1 Å². The van der Waals surface area contributed by atoms with Gasteiger partial charge in [-0.25, -0.2) is 0 Å². The van der Waals surface area contributed by atoms with Crippen molar-refractivity contribution in [2.45, 2.75) is 26.1 Å². The molecule has 2 rings (SSSR count). The zero-order chi connectivity index (χ0) is 15.5. The molecule has 0 aliphatic carbocycles. The van der Waals surface area contributed by atoms with E-state index in [2.05, 4.69) is 4.74 Å². The number of rotatable bonds is 5. The quantitative estimate of drug-likeness (QED) is 0.778. The topological polar surface area (TPSA) is 39.4 Å². The van der Waals surface area contributed by atoms with Gasteiger partial charge >= 0.3 is 6.36 Å². The number of aryl methyl sites for hydroxylation is 1. The van der Waals surface area contributed by atoms with Gasteiger partial charge in [0.2, 0.25) is 5.78 Å². The van der Waals surface area contributed by atoms with Crippen LogP contribution in [0, 0.1) is 0 Å². The number of halogens is 3. The van der Waals surface area contributed by atoms with Gasteiger partial charge in [0, 0.05) is 12.8 Å². The van der Waals surface area contributed by atoms with Crippen molar-refractivity contribution in [3.05, 3.63) is 53.5 Å². The standard InChI is InChI=1S/C15H13F3O3/c1-2-11-7-8-14(20-11)13(19)9-10-3-5-12(6-4-10)21-15(16,17)18/h3-8H,2,9H2,1H3. The van der Waals surface area contributed by atoms with Gasteiger partial charge in [-0.05, 0) is 29.8 Å². The van der Waals surface area contributed by atoms with Crippen LogP contribution in [0.5, 0.6) is 5.75 Å². The van der Waals surface area contributed by atoms with Gasteiger partial charge in [0.05, 0.1) is 0 Å². The smallest absolute Gasteiger partial charge is 0.458 e. The summed E-state index contributed by atoms with van der Waals surface area (Å²) in [5.41, 5.74) is 0.587. The number of benzene rings is 1. The fourth-order valence-corrected chi connectivity index (χ4v) is 1.80. The number of furan rings is 1. The summed E-state index contributed by atoms with van der Waals surface area (Å²) in [6.07, 6.45) is -3.97. The van der Waals surface area contributed by atoms with Crippen molar-refractivity contribution in [2.24, 2.45) is 0 Å². The van der Waals surface area contributed by atoms with E-state index in [0.717, 1.165) is 0 Å². The molecule has 0 spiro atoms. The SMILES string of the molecule is CCc1ccc(C(=O)Cc2ccc(OC(F)(F)F)cc2)o1. The zero-order valence-electron chi connectivity index (χ0n) is 11.2. The van der Waals surface area contributed by atoms with Crippen molar-refractivity contribution in [3.63, 3.8) is 0 Å². The molecule has 0 atom stereocenters. The number of carbonyl (C=O) groups excluding carboxylic acids is 1. The third-order valence-electron chi connectivity index (χ3n) is 2.81. The Balaban J connectivity index is 2.01. The molecule has 0 radical (unpaired) electrons. The maximum Gasteiger partial charge on any atom is 0.573 e. The van der Waals surface area contributed by atoms with Crippen LogP contribution < -0.4 is 4.74 Å². The summed E-state index contributed by atoms with van der Waals surface area (Å²) in [4.78, 5) is 12.0. The minimum absolute atomic E-state index is 0.0585. The third kappa shape index (κ3) is 4.37. The van der Waals surface area contributed by atoms with Crippen LogP contribution in [0.1, 0.15) is 28.8 Å². The molecule has 21 heavy (non-hydrogen) atoms. The lowest BCUT2D eigenvalue weighted by molar-refractivity contribution is -0.274. The first-order valence-electron chi connectivity index (χ1n) is 6.34. The average Bonchev–Trinajstić information content (AvgIpc) is 2.88. The highest BCUT2D eigenvalue weighted by atomic mass is 19.4. The molecule has 6 heteroatoms. The Morgan fingerprint density at radius 1 is 1.14 bits per heavy atom. The minimum Gasteiger partial charge on any atom is -0.458 e. The highest BCUT2D eigenvalue weighted by Crippen LogP contribution is 2.23. The Labute approximate surface area is 119 Å². The molecule has 0 N–H and O–H groups in total. The number of ether oxygens (including phenoxy) is 1. The van der Waals surface area contributed by atoms with Gasteiger partial charge in [0.15, 0.2) is 5.76 Å². The van der Waals surface area contributed by atoms with Gasteiger partial charge in [0.1, 0.15) is 11.5 Å². The van der Waals surface area contributed by atoms with Crippen LogP contribution in [-0.4, -0.2) is 12.1 Å². The molecule has 3 nitrogen and oxygen atoms in total. The minimum atomic E-state index is -4.72. The molecule has 1 aromatic heterocycles.